The lowest BCUT2D eigenvalue weighted by Gasteiger charge is -2.11. The number of imidazole rings is 1. The molecule has 1 aromatic carbocycles. The quantitative estimate of drug-likeness (QED) is 0.548. The molecule has 0 bridgehead atoms. The topological polar surface area (TPSA) is 43.6 Å². The smallest absolute Gasteiger partial charge is 0.417 e. The molecule has 3 aromatic rings. The standard InChI is InChI=1S/C19H16ClF3N2O2/c1-11(2)16-15(10-27-18(26)12-6-4-3-5-7-12)25-9-13(19(21,22)23)8-14(20)17(25)24-16/h3-9,11H,10H2,1-2H3. The zero-order valence-electron chi connectivity index (χ0n) is 14.5. The second kappa shape index (κ2) is 7.23. The molecule has 0 unspecified atom stereocenters. The molecule has 0 N–H and O–H groups in total. The normalized spacial score (nSPS) is 12.0. The summed E-state index contributed by atoms with van der Waals surface area (Å²) in [5.74, 6) is -0.668. The Morgan fingerprint density at radius 2 is 1.93 bits per heavy atom. The van der Waals surface area contributed by atoms with E-state index in [0.717, 1.165) is 12.3 Å². The highest BCUT2D eigenvalue weighted by Gasteiger charge is 2.32. The van der Waals surface area contributed by atoms with E-state index < -0.39 is 17.7 Å². The van der Waals surface area contributed by atoms with Gasteiger partial charge in [0.25, 0.3) is 0 Å². The highest BCUT2D eigenvalue weighted by Crippen LogP contribution is 2.34. The maximum absolute atomic E-state index is 13.2. The number of rotatable bonds is 4. The van der Waals surface area contributed by atoms with Crippen molar-refractivity contribution in [1.29, 1.82) is 0 Å². The van der Waals surface area contributed by atoms with E-state index in [-0.39, 0.29) is 23.2 Å². The van der Waals surface area contributed by atoms with Gasteiger partial charge in [0.1, 0.15) is 6.61 Å². The first kappa shape index (κ1) is 19.2. The first-order valence-corrected chi connectivity index (χ1v) is 8.56. The lowest BCUT2D eigenvalue weighted by atomic mass is 10.1. The van der Waals surface area contributed by atoms with Gasteiger partial charge in [0, 0.05) is 6.20 Å². The highest BCUT2D eigenvalue weighted by atomic mass is 35.5. The number of hydrogen-bond acceptors (Lipinski definition) is 3. The minimum atomic E-state index is -4.56. The van der Waals surface area contributed by atoms with Crippen molar-refractivity contribution in [2.45, 2.75) is 32.5 Å². The Kier molecular flexibility index (Phi) is 5.15. The summed E-state index contributed by atoms with van der Waals surface area (Å²) in [6, 6.07) is 9.18. The Hall–Kier alpha value is -2.54. The Labute approximate surface area is 158 Å². The van der Waals surface area contributed by atoms with E-state index in [1.54, 1.807) is 30.3 Å². The number of hydrogen-bond donors (Lipinski definition) is 0. The molecule has 27 heavy (non-hydrogen) atoms. The molecule has 0 saturated carbocycles. The van der Waals surface area contributed by atoms with Gasteiger partial charge in [0.05, 0.1) is 27.5 Å². The van der Waals surface area contributed by atoms with Gasteiger partial charge >= 0.3 is 12.1 Å². The largest absolute Gasteiger partial charge is 0.456 e. The fourth-order valence-electron chi connectivity index (χ4n) is 2.72. The maximum Gasteiger partial charge on any atom is 0.417 e. The van der Waals surface area contributed by atoms with Gasteiger partial charge in [-0.15, -0.1) is 0 Å². The summed E-state index contributed by atoms with van der Waals surface area (Å²) in [5, 5.41) is -0.118. The summed E-state index contributed by atoms with van der Waals surface area (Å²) < 4.78 is 46.0. The molecule has 3 rings (SSSR count). The van der Waals surface area contributed by atoms with Gasteiger partial charge in [-0.1, -0.05) is 43.6 Å². The molecule has 8 heteroatoms. The van der Waals surface area contributed by atoms with Crippen molar-refractivity contribution in [3.63, 3.8) is 0 Å². The molecular formula is C19H16ClF3N2O2. The number of pyridine rings is 1. The van der Waals surface area contributed by atoms with E-state index in [4.69, 9.17) is 16.3 Å². The molecule has 0 amide bonds. The van der Waals surface area contributed by atoms with Crippen LogP contribution in [-0.2, 0) is 17.5 Å². The number of esters is 1. The number of nitrogens with zero attached hydrogens (tertiary/aromatic N) is 2. The lowest BCUT2D eigenvalue weighted by molar-refractivity contribution is -0.137. The summed E-state index contributed by atoms with van der Waals surface area (Å²) in [7, 11) is 0. The summed E-state index contributed by atoms with van der Waals surface area (Å²) in [4.78, 5) is 16.6. The van der Waals surface area contributed by atoms with Gasteiger partial charge in [0.2, 0.25) is 0 Å². The van der Waals surface area contributed by atoms with Crippen LogP contribution in [0.4, 0.5) is 13.2 Å². The van der Waals surface area contributed by atoms with E-state index in [1.807, 2.05) is 13.8 Å². The molecule has 0 atom stereocenters. The number of ether oxygens (including phenoxy) is 1. The third-order valence-electron chi connectivity index (χ3n) is 4.03. The predicted molar refractivity (Wildman–Crippen MR) is 94.9 cm³/mol. The molecule has 0 saturated heterocycles. The van der Waals surface area contributed by atoms with Crippen LogP contribution in [0.25, 0.3) is 5.65 Å². The second-order valence-electron chi connectivity index (χ2n) is 6.31. The molecular weight excluding hydrogens is 381 g/mol. The Morgan fingerprint density at radius 1 is 1.26 bits per heavy atom. The average Bonchev–Trinajstić information content (AvgIpc) is 2.99. The van der Waals surface area contributed by atoms with Gasteiger partial charge in [-0.05, 0) is 24.1 Å². The van der Waals surface area contributed by atoms with Crippen LogP contribution in [0.1, 0.15) is 47.1 Å². The van der Waals surface area contributed by atoms with Crippen LogP contribution in [0.2, 0.25) is 5.02 Å². The first-order valence-electron chi connectivity index (χ1n) is 8.18. The first-order chi connectivity index (χ1) is 12.7. The van der Waals surface area contributed by atoms with Crippen molar-refractivity contribution < 1.29 is 22.7 Å². The highest BCUT2D eigenvalue weighted by molar-refractivity contribution is 6.33. The Bertz CT molecular complexity index is 982. The Balaban J connectivity index is 2.03. The molecule has 142 valence electrons. The number of halogens is 4. The van der Waals surface area contributed by atoms with Crippen LogP contribution in [0.3, 0.4) is 0 Å². The van der Waals surface area contributed by atoms with E-state index in [1.165, 1.54) is 4.40 Å². The summed E-state index contributed by atoms with van der Waals surface area (Å²) in [5.41, 5.74) is 0.531. The number of alkyl halides is 3. The van der Waals surface area contributed by atoms with Crippen molar-refractivity contribution in [2.24, 2.45) is 0 Å². The lowest BCUT2D eigenvalue weighted by Crippen LogP contribution is -2.10. The third kappa shape index (κ3) is 3.93. The summed E-state index contributed by atoms with van der Waals surface area (Å²) in [6.45, 7) is 3.48. The predicted octanol–water partition coefficient (Wildman–Crippen LogP) is 5.49. The van der Waals surface area contributed by atoms with E-state index in [2.05, 4.69) is 4.98 Å². The molecule has 4 nitrogen and oxygen atoms in total. The van der Waals surface area contributed by atoms with Gasteiger partial charge in [-0.3, -0.25) is 4.40 Å². The van der Waals surface area contributed by atoms with Crippen molar-refractivity contribution in [3.05, 3.63) is 70.1 Å². The van der Waals surface area contributed by atoms with Crippen LogP contribution >= 0.6 is 11.6 Å². The molecule has 0 aliphatic rings. The van der Waals surface area contributed by atoms with Gasteiger partial charge in [-0.2, -0.15) is 13.2 Å². The average molecular weight is 397 g/mol. The van der Waals surface area contributed by atoms with E-state index in [0.29, 0.717) is 17.0 Å². The van der Waals surface area contributed by atoms with Crippen LogP contribution in [0.15, 0.2) is 42.6 Å². The van der Waals surface area contributed by atoms with Crippen molar-refractivity contribution >= 4 is 23.2 Å². The molecule has 0 spiro atoms. The molecule has 0 aliphatic heterocycles. The number of fused-ring (bicyclic) bond motifs is 1. The number of benzene rings is 1. The molecule has 2 heterocycles. The number of carbonyl (C=O) groups excluding carboxylic acids is 1. The van der Waals surface area contributed by atoms with Crippen molar-refractivity contribution in [2.75, 3.05) is 0 Å². The second-order valence-corrected chi connectivity index (χ2v) is 6.72. The Morgan fingerprint density at radius 3 is 2.52 bits per heavy atom. The maximum atomic E-state index is 13.2. The molecule has 0 radical (unpaired) electrons. The monoisotopic (exact) mass is 396 g/mol. The van der Waals surface area contributed by atoms with Gasteiger partial charge in [0.15, 0.2) is 5.65 Å². The third-order valence-corrected chi connectivity index (χ3v) is 4.31. The van der Waals surface area contributed by atoms with Crippen LogP contribution in [0.5, 0.6) is 0 Å². The molecule has 2 aromatic heterocycles. The van der Waals surface area contributed by atoms with Crippen LogP contribution in [-0.4, -0.2) is 15.4 Å². The minimum Gasteiger partial charge on any atom is -0.456 e. The van der Waals surface area contributed by atoms with E-state index >= 15 is 0 Å². The summed E-state index contributed by atoms with van der Waals surface area (Å²) >= 11 is 6.03. The van der Waals surface area contributed by atoms with Crippen LogP contribution in [0, 0.1) is 0 Å². The zero-order chi connectivity index (χ0) is 19.8. The molecule has 0 aliphatic carbocycles. The van der Waals surface area contributed by atoms with E-state index in [9.17, 15) is 18.0 Å². The van der Waals surface area contributed by atoms with Crippen molar-refractivity contribution in [1.82, 2.24) is 9.38 Å². The van der Waals surface area contributed by atoms with Crippen molar-refractivity contribution in [3.8, 4) is 0 Å². The fraction of sp³-hybridized carbons (Fsp3) is 0.263. The molecule has 0 fully saturated rings. The van der Waals surface area contributed by atoms with Gasteiger partial charge in [-0.25, -0.2) is 9.78 Å². The summed E-state index contributed by atoms with van der Waals surface area (Å²) in [6.07, 6.45) is -3.64. The van der Waals surface area contributed by atoms with Gasteiger partial charge < -0.3 is 4.74 Å². The number of aromatic nitrogens is 2. The minimum absolute atomic E-state index is 0.0965. The SMILES string of the molecule is CC(C)c1nc2c(Cl)cc(C(F)(F)F)cn2c1COC(=O)c1ccccc1. The zero-order valence-corrected chi connectivity index (χ0v) is 15.3. The fourth-order valence-corrected chi connectivity index (χ4v) is 2.97. The number of carbonyl (C=O) groups is 1. The van der Waals surface area contributed by atoms with Crippen LogP contribution < -0.4 is 0 Å².